The van der Waals surface area contributed by atoms with Gasteiger partial charge in [-0.1, -0.05) is 22.9 Å². The Balaban J connectivity index is 1.94. The molecule has 0 saturated heterocycles. The number of hydrogen-bond donors (Lipinski definition) is 1. The quantitative estimate of drug-likeness (QED) is 0.694. The number of nitrogens with zero attached hydrogens (tertiary/aromatic N) is 3. The van der Waals surface area contributed by atoms with E-state index in [1.807, 2.05) is 0 Å². The SMILES string of the molecule is CS(=O)(=O)c1ncc(Cl)c(C(=O)Nc2nc3ccc(F)cc3s2)n1. The highest BCUT2D eigenvalue weighted by atomic mass is 35.5. The van der Waals surface area contributed by atoms with Crippen LogP contribution in [0.1, 0.15) is 10.5 Å². The van der Waals surface area contributed by atoms with Gasteiger partial charge in [-0.2, -0.15) is 0 Å². The van der Waals surface area contributed by atoms with Gasteiger partial charge in [-0.15, -0.1) is 0 Å². The number of thiazole rings is 1. The first-order valence-corrected chi connectivity index (χ1v) is 9.42. The summed E-state index contributed by atoms with van der Waals surface area (Å²) in [6.45, 7) is 0. The summed E-state index contributed by atoms with van der Waals surface area (Å²) in [4.78, 5) is 23.7. The van der Waals surface area contributed by atoms with E-state index in [9.17, 15) is 17.6 Å². The van der Waals surface area contributed by atoms with Gasteiger partial charge in [-0.25, -0.2) is 27.8 Å². The molecule has 0 fully saturated rings. The molecular weight excluding hydrogens is 379 g/mol. The van der Waals surface area contributed by atoms with E-state index in [-0.39, 0.29) is 15.8 Å². The highest BCUT2D eigenvalue weighted by Crippen LogP contribution is 2.27. The Hall–Kier alpha value is -2.17. The van der Waals surface area contributed by atoms with Gasteiger partial charge in [-0.3, -0.25) is 10.1 Å². The van der Waals surface area contributed by atoms with Crippen molar-refractivity contribution in [2.45, 2.75) is 5.16 Å². The van der Waals surface area contributed by atoms with E-state index in [4.69, 9.17) is 11.6 Å². The molecule has 2 aromatic heterocycles. The lowest BCUT2D eigenvalue weighted by Crippen LogP contribution is -2.17. The zero-order chi connectivity index (χ0) is 17.5. The summed E-state index contributed by atoms with van der Waals surface area (Å²) in [6, 6.07) is 4.03. The number of carbonyl (C=O) groups excluding carboxylic acids is 1. The number of amides is 1. The second-order valence-corrected chi connectivity index (χ2v) is 8.05. The minimum atomic E-state index is -3.69. The maximum atomic E-state index is 13.2. The fourth-order valence-electron chi connectivity index (χ4n) is 1.80. The molecule has 0 aliphatic rings. The van der Waals surface area contributed by atoms with Crippen molar-refractivity contribution >= 4 is 54.0 Å². The summed E-state index contributed by atoms with van der Waals surface area (Å²) in [7, 11) is -3.69. The molecule has 0 bridgehead atoms. The third kappa shape index (κ3) is 3.35. The second kappa shape index (κ2) is 6.04. The van der Waals surface area contributed by atoms with Crippen molar-refractivity contribution in [1.82, 2.24) is 15.0 Å². The molecule has 1 amide bonds. The van der Waals surface area contributed by atoms with E-state index in [1.165, 1.54) is 18.2 Å². The van der Waals surface area contributed by atoms with E-state index in [0.717, 1.165) is 23.8 Å². The molecule has 0 saturated carbocycles. The maximum absolute atomic E-state index is 13.2. The average Bonchev–Trinajstić information content (AvgIpc) is 2.87. The molecule has 0 aliphatic heterocycles. The monoisotopic (exact) mass is 386 g/mol. The predicted molar refractivity (Wildman–Crippen MR) is 87.7 cm³/mol. The molecule has 0 aliphatic carbocycles. The molecule has 1 aromatic carbocycles. The Morgan fingerprint density at radius 2 is 2.08 bits per heavy atom. The van der Waals surface area contributed by atoms with Crippen LogP contribution >= 0.6 is 22.9 Å². The summed E-state index contributed by atoms with van der Waals surface area (Å²) in [5.41, 5.74) is 0.222. The Bertz CT molecular complexity index is 1070. The molecule has 24 heavy (non-hydrogen) atoms. The van der Waals surface area contributed by atoms with Gasteiger partial charge < -0.3 is 0 Å². The van der Waals surface area contributed by atoms with Gasteiger partial charge in [0.2, 0.25) is 15.0 Å². The highest BCUT2D eigenvalue weighted by Gasteiger charge is 2.20. The Kier molecular flexibility index (Phi) is 4.20. The number of rotatable bonds is 3. The summed E-state index contributed by atoms with van der Waals surface area (Å²) >= 11 is 6.92. The largest absolute Gasteiger partial charge is 0.296 e. The summed E-state index contributed by atoms with van der Waals surface area (Å²) < 4.78 is 36.7. The summed E-state index contributed by atoms with van der Waals surface area (Å²) in [5.74, 6) is -1.16. The topological polar surface area (TPSA) is 102 Å². The van der Waals surface area contributed by atoms with Gasteiger partial charge in [-0.05, 0) is 18.2 Å². The smallest absolute Gasteiger partial charge is 0.277 e. The molecule has 2 heterocycles. The van der Waals surface area contributed by atoms with Gasteiger partial charge in [0.15, 0.2) is 10.8 Å². The maximum Gasteiger partial charge on any atom is 0.277 e. The molecule has 0 atom stereocenters. The summed E-state index contributed by atoms with van der Waals surface area (Å²) in [6.07, 6.45) is 1.95. The van der Waals surface area contributed by atoms with Crippen molar-refractivity contribution in [2.24, 2.45) is 0 Å². The lowest BCUT2D eigenvalue weighted by molar-refractivity contribution is 0.102. The summed E-state index contributed by atoms with van der Waals surface area (Å²) in [5, 5.41) is 2.05. The molecular formula is C13H8ClFN4O3S2. The van der Waals surface area contributed by atoms with Crippen LogP contribution in [0.3, 0.4) is 0 Å². The van der Waals surface area contributed by atoms with Crippen molar-refractivity contribution in [1.29, 1.82) is 0 Å². The van der Waals surface area contributed by atoms with Crippen molar-refractivity contribution in [3.8, 4) is 0 Å². The third-order valence-electron chi connectivity index (χ3n) is 2.84. The number of hydrogen-bond acceptors (Lipinski definition) is 7. The first-order chi connectivity index (χ1) is 11.2. The van der Waals surface area contributed by atoms with E-state index in [0.29, 0.717) is 10.2 Å². The molecule has 1 N–H and O–H groups in total. The van der Waals surface area contributed by atoms with Gasteiger partial charge >= 0.3 is 0 Å². The average molecular weight is 387 g/mol. The van der Waals surface area contributed by atoms with Gasteiger partial charge in [0, 0.05) is 6.26 Å². The standard InChI is InChI=1S/C13H8ClFN4O3S2/c1-24(21,22)13-16-5-7(14)10(18-13)11(20)19-12-17-8-3-2-6(15)4-9(8)23-12/h2-5H,1H3,(H,17,19,20). The van der Waals surface area contributed by atoms with Crippen molar-refractivity contribution in [3.63, 3.8) is 0 Å². The molecule has 0 radical (unpaired) electrons. The van der Waals surface area contributed by atoms with Gasteiger partial charge in [0.25, 0.3) is 5.91 Å². The Labute approximate surface area is 144 Å². The number of anilines is 1. The van der Waals surface area contributed by atoms with Crippen LogP contribution in [0.4, 0.5) is 9.52 Å². The number of halogens is 2. The number of nitrogens with one attached hydrogen (secondary N) is 1. The number of aromatic nitrogens is 3. The Morgan fingerprint density at radius 1 is 1.33 bits per heavy atom. The molecule has 0 unspecified atom stereocenters. The van der Waals surface area contributed by atoms with Crippen molar-refractivity contribution in [3.05, 3.63) is 40.9 Å². The van der Waals surface area contributed by atoms with Crippen LogP contribution in [0.5, 0.6) is 0 Å². The van der Waals surface area contributed by atoms with Crippen LogP contribution in [-0.2, 0) is 9.84 Å². The van der Waals surface area contributed by atoms with E-state index < -0.39 is 26.7 Å². The zero-order valence-corrected chi connectivity index (χ0v) is 14.3. The molecule has 124 valence electrons. The third-order valence-corrected chi connectivity index (χ3v) is 4.91. The molecule has 7 nitrogen and oxygen atoms in total. The second-order valence-electron chi connectivity index (χ2n) is 4.71. The van der Waals surface area contributed by atoms with E-state index in [2.05, 4.69) is 20.3 Å². The lowest BCUT2D eigenvalue weighted by atomic mass is 10.3. The van der Waals surface area contributed by atoms with Crippen LogP contribution in [-0.4, -0.2) is 35.5 Å². The number of fused-ring (bicyclic) bond motifs is 1. The molecule has 3 rings (SSSR count). The fourth-order valence-corrected chi connectivity index (χ4v) is 3.36. The van der Waals surface area contributed by atoms with Crippen LogP contribution < -0.4 is 5.32 Å². The van der Waals surface area contributed by atoms with Crippen LogP contribution in [0.15, 0.2) is 29.6 Å². The van der Waals surface area contributed by atoms with Crippen LogP contribution in [0.2, 0.25) is 5.02 Å². The van der Waals surface area contributed by atoms with Crippen molar-refractivity contribution < 1.29 is 17.6 Å². The van der Waals surface area contributed by atoms with Crippen LogP contribution in [0.25, 0.3) is 10.2 Å². The van der Waals surface area contributed by atoms with Gasteiger partial charge in [0.1, 0.15) is 5.82 Å². The Morgan fingerprint density at radius 3 is 2.79 bits per heavy atom. The van der Waals surface area contributed by atoms with Crippen molar-refractivity contribution in [2.75, 3.05) is 11.6 Å². The first kappa shape index (κ1) is 16.7. The van der Waals surface area contributed by atoms with Gasteiger partial charge in [0.05, 0.1) is 21.4 Å². The zero-order valence-electron chi connectivity index (χ0n) is 11.9. The number of sulfone groups is 1. The number of benzene rings is 1. The predicted octanol–water partition coefficient (Wildman–Crippen LogP) is 2.53. The molecule has 0 spiro atoms. The minimum absolute atomic E-state index is 0.105. The molecule has 3 aromatic rings. The molecule has 11 heteroatoms. The fraction of sp³-hybridized carbons (Fsp3) is 0.0769. The minimum Gasteiger partial charge on any atom is -0.296 e. The normalized spacial score (nSPS) is 11.6. The first-order valence-electron chi connectivity index (χ1n) is 6.34. The van der Waals surface area contributed by atoms with E-state index in [1.54, 1.807) is 0 Å². The number of carbonyl (C=O) groups is 1. The highest BCUT2D eigenvalue weighted by molar-refractivity contribution is 7.90. The van der Waals surface area contributed by atoms with E-state index >= 15 is 0 Å². The lowest BCUT2D eigenvalue weighted by Gasteiger charge is -2.04. The van der Waals surface area contributed by atoms with Crippen LogP contribution in [0, 0.1) is 5.82 Å².